The molecule has 17 heavy (non-hydrogen) atoms. The van der Waals surface area contributed by atoms with Gasteiger partial charge in [0, 0.05) is 18.5 Å². The van der Waals surface area contributed by atoms with Gasteiger partial charge in [-0.3, -0.25) is 9.67 Å². The van der Waals surface area contributed by atoms with Crippen molar-refractivity contribution in [3.05, 3.63) is 41.6 Å². The molecule has 0 fully saturated rings. The van der Waals surface area contributed by atoms with Gasteiger partial charge in [-0.1, -0.05) is 12.2 Å². The van der Waals surface area contributed by atoms with Crippen molar-refractivity contribution in [2.75, 3.05) is 5.32 Å². The molecule has 0 amide bonds. The summed E-state index contributed by atoms with van der Waals surface area (Å²) in [4.78, 5) is 4.01. The van der Waals surface area contributed by atoms with Crippen molar-refractivity contribution in [3.63, 3.8) is 0 Å². The third-order valence-electron chi connectivity index (χ3n) is 2.31. The molecule has 88 valence electrons. The first-order chi connectivity index (χ1) is 8.20. The lowest BCUT2D eigenvalue weighted by Crippen LogP contribution is -2.06. The van der Waals surface area contributed by atoms with Crippen LogP contribution in [0, 0.1) is 12.7 Å². The molecular weight excluding hydrogens is 239 g/mol. The fourth-order valence-electron chi connectivity index (χ4n) is 1.45. The molecule has 0 atom stereocenters. The van der Waals surface area contributed by atoms with E-state index in [1.54, 1.807) is 36.1 Å². The van der Waals surface area contributed by atoms with Crippen LogP contribution in [0.2, 0.25) is 0 Å². The minimum atomic E-state index is -0.285. The number of aromatic nitrogens is 3. The summed E-state index contributed by atoms with van der Waals surface area (Å²) < 4.78 is 15.3. The molecule has 1 N–H and O–H groups in total. The van der Waals surface area contributed by atoms with Crippen LogP contribution in [0.5, 0.6) is 0 Å². The molecule has 0 aliphatic rings. The van der Waals surface area contributed by atoms with Crippen LogP contribution in [0.1, 0.15) is 11.3 Å². The summed E-state index contributed by atoms with van der Waals surface area (Å²) in [6, 6.07) is 3.40. The summed E-state index contributed by atoms with van der Waals surface area (Å²) in [7, 11) is 0. The Morgan fingerprint density at radius 2 is 2.35 bits per heavy atom. The van der Waals surface area contributed by atoms with E-state index in [1.807, 2.05) is 0 Å². The Morgan fingerprint density at radius 1 is 1.53 bits per heavy atom. The van der Waals surface area contributed by atoms with E-state index in [0.29, 0.717) is 23.6 Å². The van der Waals surface area contributed by atoms with Gasteiger partial charge in [-0.15, -0.1) is 0 Å². The zero-order valence-electron chi connectivity index (χ0n) is 9.22. The lowest BCUT2D eigenvalue weighted by atomic mass is 10.2. The van der Waals surface area contributed by atoms with Crippen molar-refractivity contribution in [1.29, 1.82) is 0 Å². The maximum Gasteiger partial charge on any atom is 0.152 e. The fourth-order valence-corrected chi connectivity index (χ4v) is 1.57. The summed E-state index contributed by atoms with van der Waals surface area (Å²) in [6.07, 6.45) is 3.33. The normalized spacial score (nSPS) is 10.2. The molecule has 0 aromatic carbocycles. The lowest BCUT2D eigenvalue weighted by molar-refractivity contribution is 0.564. The number of hydrogen-bond donors (Lipinski definition) is 1. The highest BCUT2D eigenvalue weighted by atomic mass is 32.1. The van der Waals surface area contributed by atoms with Crippen LogP contribution in [-0.2, 0) is 6.54 Å². The predicted octanol–water partition coefficient (Wildman–Crippen LogP) is 2.14. The SMILES string of the molecule is Cc1ccnc(Cn2ccc(NC=S)n2)c1F. The second-order valence-electron chi connectivity index (χ2n) is 3.55. The standard InChI is InChI=1S/C11H11FN4S/c1-8-2-4-13-9(11(8)12)6-16-5-3-10(15-16)14-7-17/h2-5,7H,6H2,1H3,(H,14,15,17). The molecule has 0 spiro atoms. The number of hydrogen-bond acceptors (Lipinski definition) is 3. The van der Waals surface area contributed by atoms with Crippen molar-refractivity contribution in [2.24, 2.45) is 0 Å². The van der Waals surface area contributed by atoms with E-state index < -0.39 is 0 Å². The maximum atomic E-state index is 13.7. The number of halogens is 1. The zero-order valence-corrected chi connectivity index (χ0v) is 10.0. The molecule has 2 aromatic rings. The van der Waals surface area contributed by atoms with Gasteiger partial charge in [0.1, 0.15) is 5.82 Å². The minimum absolute atomic E-state index is 0.285. The molecule has 0 aliphatic carbocycles. The molecule has 0 aliphatic heterocycles. The first-order valence-corrected chi connectivity index (χ1v) is 5.51. The van der Waals surface area contributed by atoms with Gasteiger partial charge >= 0.3 is 0 Å². The number of nitrogens with zero attached hydrogens (tertiary/aromatic N) is 3. The minimum Gasteiger partial charge on any atom is -0.336 e. The Hall–Kier alpha value is -1.82. The average Bonchev–Trinajstić information content (AvgIpc) is 2.73. The van der Waals surface area contributed by atoms with Crippen LogP contribution in [0.15, 0.2) is 24.5 Å². The van der Waals surface area contributed by atoms with E-state index in [2.05, 4.69) is 27.6 Å². The van der Waals surface area contributed by atoms with Gasteiger partial charge in [-0.2, -0.15) is 5.10 Å². The van der Waals surface area contributed by atoms with E-state index in [-0.39, 0.29) is 5.82 Å². The number of rotatable bonds is 4. The van der Waals surface area contributed by atoms with Crippen LogP contribution in [0.3, 0.4) is 0 Å². The van der Waals surface area contributed by atoms with Gasteiger partial charge in [-0.25, -0.2) is 4.39 Å². The maximum absolute atomic E-state index is 13.7. The molecule has 6 heteroatoms. The van der Waals surface area contributed by atoms with Gasteiger partial charge in [0.05, 0.1) is 17.7 Å². The van der Waals surface area contributed by atoms with Gasteiger partial charge < -0.3 is 5.32 Å². The molecular formula is C11H11FN4S. The molecule has 0 saturated heterocycles. The van der Waals surface area contributed by atoms with Crippen molar-refractivity contribution in [2.45, 2.75) is 13.5 Å². The lowest BCUT2D eigenvalue weighted by Gasteiger charge is -2.04. The number of aryl methyl sites for hydroxylation is 1. The van der Waals surface area contributed by atoms with Gasteiger partial charge in [0.25, 0.3) is 0 Å². The summed E-state index contributed by atoms with van der Waals surface area (Å²) >= 11 is 4.65. The van der Waals surface area contributed by atoms with E-state index in [4.69, 9.17) is 0 Å². The van der Waals surface area contributed by atoms with Gasteiger partial charge in [-0.05, 0) is 18.6 Å². The highest BCUT2D eigenvalue weighted by Gasteiger charge is 2.07. The summed E-state index contributed by atoms with van der Waals surface area (Å²) in [6.45, 7) is 2.01. The average molecular weight is 250 g/mol. The Balaban J connectivity index is 2.19. The van der Waals surface area contributed by atoms with Gasteiger partial charge in [0.2, 0.25) is 0 Å². The van der Waals surface area contributed by atoms with E-state index in [0.717, 1.165) is 0 Å². The molecule has 0 unspecified atom stereocenters. The van der Waals surface area contributed by atoms with Crippen molar-refractivity contribution in [1.82, 2.24) is 14.8 Å². The highest BCUT2D eigenvalue weighted by Crippen LogP contribution is 2.11. The van der Waals surface area contributed by atoms with Crippen LogP contribution in [0.25, 0.3) is 0 Å². The van der Waals surface area contributed by atoms with E-state index in [1.165, 1.54) is 5.49 Å². The Labute approximate surface area is 103 Å². The van der Waals surface area contributed by atoms with Crippen LogP contribution in [0.4, 0.5) is 10.2 Å². The topological polar surface area (TPSA) is 42.7 Å². The van der Waals surface area contributed by atoms with Crippen LogP contribution < -0.4 is 5.32 Å². The van der Waals surface area contributed by atoms with E-state index >= 15 is 0 Å². The Kier molecular flexibility index (Phi) is 3.43. The van der Waals surface area contributed by atoms with Crippen molar-refractivity contribution >= 4 is 23.5 Å². The van der Waals surface area contributed by atoms with Crippen LogP contribution >= 0.6 is 12.2 Å². The third-order valence-corrected chi connectivity index (χ3v) is 2.43. The Bertz CT molecular complexity index is 538. The van der Waals surface area contributed by atoms with Gasteiger partial charge in [0.15, 0.2) is 5.82 Å². The molecule has 0 bridgehead atoms. The molecule has 0 radical (unpaired) electrons. The number of pyridine rings is 1. The fraction of sp³-hybridized carbons (Fsp3) is 0.182. The summed E-state index contributed by atoms with van der Waals surface area (Å²) in [5.41, 5.74) is 2.33. The third kappa shape index (κ3) is 2.65. The predicted molar refractivity (Wildman–Crippen MR) is 67.5 cm³/mol. The number of nitrogens with one attached hydrogen (secondary N) is 1. The van der Waals surface area contributed by atoms with Crippen molar-refractivity contribution < 1.29 is 4.39 Å². The molecule has 4 nitrogen and oxygen atoms in total. The summed E-state index contributed by atoms with van der Waals surface area (Å²) in [5.74, 6) is 0.348. The zero-order chi connectivity index (χ0) is 12.3. The largest absolute Gasteiger partial charge is 0.336 e. The number of thiocarbonyl (C=S) groups is 1. The molecule has 2 aromatic heterocycles. The van der Waals surface area contributed by atoms with Crippen LogP contribution in [-0.4, -0.2) is 20.3 Å². The first-order valence-electron chi connectivity index (χ1n) is 5.04. The first kappa shape index (κ1) is 11.7. The second kappa shape index (κ2) is 5.01. The molecule has 2 heterocycles. The van der Waals surface area contributed by atoms with Crippen molar-refractivity contribution in [3.8, 4) is 0 Å². The molecule has 2 rings (SSSR count). The Morgan fingerprint density at radius 3 is 3.12 bits per heavy atom. The highest BCUT2D eigenvalue weighted by molar-refractivity contribution is 7.79. The quantitative estimate of drug-likeness (QED) is 0.844. The second-order valence-corrected chi connectivity index (χ2v) is 3.78. The van der Waals surface area contributed by atoms with E-state index in [9.17, 15) is 4.39 Å². The number of anilines is 1. The smallest absolute Gasteiger partial charge is 0.152 e. The molecule has 0 saturated carbocycles. The monoisotopic (exact) mass is 250 g/mol. The summed E-state index contributed by atoms with van der Waals surface area (Å²) in [5, 5.41) is 6.95.